The SMILES string of the molecule is F[C@]1(Cl)COO[C@@]1(F)Cl. The summed E-state index contributed by atoms with van der Waals surface area (Å²) in [6.07, 6.45) is 0. The van der Waals surface area contributed by atoms with Crippen LogP contribution < -0.4 is 0 Å². The predicted molar refractivity (Wildman–Crippen MR) is 26.4 cm³/mol. The summed E-state index contributed by atoms with van der Waals surface area (Å²) in [5.41, 5.74) is 0. The molecular formula is C3H2Cl2F2O2. The maximum atomic E-state index is 12.4. The molecule has 0 aromatic heterocycles. The highest BCUT2D eigenvalue weighted by Crippen LogP contribution is 2.44. The van der Waals surface area contributed by atoms with Gasteiger partial charge < -0.3 is 0 Å². The summed E-state index contributed by atoms with van der Waals surface area (Å²) in [5.74, 6) is 0. The summed E-state index contributed by atoms with van der Waals surface area (Å²) in [5, 5.41) is -5.84. The Morgan fingerprint density at radius 1 is 1.33 bits per heavy atom. The van der Waals surface area contributed by atoms with E-state index in [4.69, 9.17) is 23.2 Å². The van der Waals surface area contributed by atoms with Crippen molar-refractivity contribution >= 4 is 23.2 Å². The van der Waals surface area contributed by atoms with Crippen LogP contribution in [0.2, 0.25) is 0 Å². The van der Waals surface area contributed by atoms with E-state index in [2.05, 4.69) is 9.78 Å². The third kappa shape index (κ3) is 1.12. The molecule has 1 aliphatic heterocycles. The molecule has 0 saturated carbocycles. The van der Waals surface area contributed by atoms with Crippen molar-refractivity contribution in [2.24, 2.45) is 0 Å². The van der Waals surface area contributed by atoms with E-state index in [0.717, 1.165) is 0 Å². The van der Waals surface area contributed by atoms with Crippen molar-refractivity contribution in [3.8, 4) is 0 Å². The Balaban J connectivity index is 2.75. The molecule has 0 bridgehead atoms. The summed E-state index contributed by atoms with van der Waals surface area (Å²) >= 11 is 9.57. The third-order valence-electron chi connectivity index (χ3n) is 0.830. The normalized spacial score (nSPS) is 52.0. The number of halogens is 4. The summed E-state index contributed by atoms with van der Waals surface area (Å²) in [4.78, 5) is 7.51. The van der Waals surface area contributed by atoms with Crippen LogP contribution in [0, 0.1) is 0 Å². The van der Waals surface area contributed by atoms with Crippen LogP contribution in [-0.4, -0.2) is 17.0 Å². The highest BCUT2D eigenvalue weighted by molar-refractivity contribution is 6.32. The number of rotatable bonds is 0. The molecule has 0 N–H and O–H groups in total. The molecule has 1 saturated heterocycles. The number of hydrogen-bond acceptors (Lipinski definition) is 2. The fraction of sp³-hybridized carbons (Fsp3) is 1.00. The first-order valence-corrected chi connectivity index (χ1v) is 2.77. The second-order valence-corrected chi connectivity index (χ2v) is 2.65. The molecule has 0 spiro atoms. The average molecular weight is 179 g/mol. The van der Waals surface area contributed by atoms with Gasteiger partial charge in [-0.25, -0.2) is 9.28 Å². The lowest BCUT2D eigenvalue weighted by Gasteiger charge is -2.14. The molecule has 0 amide bonds. The Kier molecular flexibility index (Phi) is 1.59. The average Bonchev–Trinajstić information content (AvgIpc) is 1.81. The van der Waals surface area contributed by atoms with E-state index >= 15 is 0 Å². The number of hydrogen-bond donors (Lipinski definition) is 0. The standard InChI is InChI=1S/C3H2Cl2F2O2/c4-2(6)1-8-9-3(2,5)7/h1H2/t2-,3-/m1/s1. The summed E-state index contributed by atoms with van der Waals surface area (Å²) < 4.78 is 24.7. The molecule has 0 aromatic rings. The maximum absolute atomic E-state index is 12.4. The van der Waals surface area contributed by atoms with E-state index in [1.807, 2.05) is 0 Å². The monoisotopic (exact) mass is 178 g/mol. The first-order valence-electron chi connectivity index (χ1n) is 2.02. The van der Waals surface area contributed by atoms with Crippen LogP contribution in [0.15, 0.2) is 0 Å². The van der Waals surface area contributed by atoms with Crippen LogP contribution in [-0.2, 0) is 9.78 Å². The van der Waals surface area contributed by atoms with Crippen molar-refractivity contribution in [2.45, 2.75) is 10.4 Å². The van der Waals surface area contributed by atoms with Crippen molar-refractivity contribution in [3.63, 3.8) is 0 Å². The lowest BCUT2D eigenvalue weighted by atomic mass is 10.4. The molecule has 0 unspecified atom stereocenters. The molecule has 6 heteroatoms. The van der Waals surface area contributed by atoms with E-state index in [1.165, 1.54) is 0 Å². The Morgan fingerprint density at radius 3 is 2.00 bits per heavy atom. The zero-order valence-corrected chi connectivity index (χ0v) is 5.55. The van der Waals surface area contributed by atoms with Crippen molar-refractivity contribution < 1.29 is 18.6 Å². The van der Waals surface area contributed by atoms with E-state index < -0.39 is 17.0 Å². The largest absolute Gasteiger partial charge is 0.364 e. The van der Waals surface area contributed by atoms with Gasteiger partial charge in [0.2, 0.25) is 0 Å². The second-order valence-electron chi connectivity index (χ2n) is 1.57. The lowest BCUT2D eigenvalue weighted by Crippen LogP contribution is -2.35. The van der Waals surface area contributed by atoms with Crippen LogP contribution in [0.4, 0.5) is 8.78 Å². The van der Waals surface area contributed by atoms with Crippen LogP contribution >= 0.6 is 23.2 Å². The van der Waals surface area contributed by atoms with E-state index in [0.29, 0.717) is 0 Å². The Morgan fingerprint density at radius 2 is 1.89 bits per heavy atom. The maximum Gasteiger partial charge on any atom is 0.364 e. The fourth-order valence-corrected chi connectivity index (χ4v) is 0.498. The molecule has 9 heavy (non-hydrogen) atoms. The fourth-order valence-electron chi connectivity index (χ4n) is 0.322. The first-order chi connectivity index (χ1) is 3.96. The van der Waals surface area contributed by atoms with Gasteiger partial charge >= 0.3 is 5.31 Å². The molecule has 1 fully saturated rings. The van der Waals surface area contributed by atoms with Crippen LogP contribution in [0.25, 0.3) is 0 Å². The topological polar surface area (TPSA) is 18.5 Å². The molecule has 1 rings (SSSR count). The predicted octanol–water partition coefficient (Wildman–Crippen LogP) is 1.71. The third-order valence-corrected chi connectivity index (χ3v) is 1.64. The molecule has 1 aliphatic rings. The van der Waals surface area contributed by atoms with Gasteiger partial charge in [0.15, 0.2) is 0 Å². The van der Waals surface area contributed by atoms with E-state index in [9.17, 15) is 8.78 Å². The molecule has 1 heterocycles. The van der Waals surface area contributed by atoms with Gasteiger partial charge in [-0.3, -0.25) is 0 Å². The minimum absolute atomic E-state index is 0.714. The minimum Gasteiger partial charge on any atom is -0.227 e. The van der Waals surface area contributed by atoms with Gasteiger partial charge in [0.25, 0.3) is 5.13 Å². The van der Waals surface area contributed by atoms with Crippen molar-refractivity contribution in [1.82, 2.24) is 0 Å². The molecule has 0 radical (unpaired) electrons. The lowest BCUT2D eigenvalue weighted by molar-refractivity contribution is -0.318. The Labute approximate surface area is 59.6 Å². The molecule has 2 nitrogen and oxygen atoms in total. The van der Waals surface area contributed by atoms with Gasteiger partial charge in [0.1, 0.15) is 6.61 Å². The van der Waals surface area contributed by atoms with Crippen LogP contribution in [0.3, 0.4) is 0 Å². The Bertz CT molecular complexity index is 113. The molecule has 0 aromatic carbocycles. The molecule has 0 aliphatic carbocycles. The number of alkyl halides is 4. The van der Waals surface area contributed by atoms with Gasteiger partial charge in [0.05, 0.1) is 0 Å². The zero-order valence-electron chi connectivity index (χ0n) is 4.04. The van der Waals surface area contributed by atoms with Gasteiger partial charge in [-0.1, -0.05) is 11.6 Å². The highest BCUT2D eigenvalue weighted by Gasteiger charge is 2.59. The summed E-state index contributed by atoms with van der Waals surface area (Å²) in [7, 11) is 0. The molecular weight excluding hydrogens is 177 g/mol. The van der Waals surface area contributed by atoms with Crippen LogP contribution in [0.1, 0.15) is 0 Å². The minimum atomic E-state index is -3.06. The summed E-state index contributed by atoms with van der Waals surface area (Å²) in [6, 6.07) is 0. The van der Waals surface area contributed by atoms with Crippen molar-refractivity contribution in [3.05, 3.63) is 0 Å². The quantitative estimate of drug-likeness (QED) is 0.416. The second kappa shape index (κ2) is 1.92. The zero-order chi connectivity index (χ0) is 7.12. The van der Waals surface area contributed by atoms with Crippen molar-refractivity contribution in [1.29, 1.82) is 0 Å². The highest BCUT2D eigenvalue weighted by atomic mass is 35.5. The van der Waals surface area contributed by atoms with Gasteiger partial charge in [-0.15, -0.1) is 0 Å². The van der Waals surface area contributed by atoms with Gasteiger partial charge in [0, 0.05) is 0 Å². The van der Waals surface area contributed by atoms with E-state index in [-0.39, 0.29) is 0 Å². The summed E-state index contributed by atoms with van der Waals surface area (Å²) in [6.45, 7) is -0.714. The van der Waals surface area contributed by atoms with E-state index in [1.54, 1.807) is 0 Å². The van der Waals surface area contributed by atoms with Gasteiger partial charge in [-0.05, 0) is 11.6 Å². The van der Waals surface area contributed by atoms with Crippen molar-refractivity contribution in [2.75, 3.05) is 6.61 Å². The van der Waals surface area contributed by atoms with Gasteiger partial charge in [-0.2, -0.15) is 9.28 Å². The van der Waals surface area contributed by atoms with Crippen LogP contribution in [0.5, 0.6) is 0 Å². The Hall–Kier alpha value is 0.360. The molecule has 2 atom stereocenters. The smallest absolute Gasteiger partial charge is 0.227 e. The molecule has 54 valence electrons. The first kappa shape index (κ1) is 7.47.